The van der Waals surface area contributed by atoms with Gasteiger partial charge in [0.05, 0.1) is 14.2 Å². The molecule has 0 atom stereocenters. The van der Waals surface area contributed by atoms with E-state index in [1.54, 1.807) is 14.2 Å². The van der Waals surface area contributed by atoms with Crippen LogP contribution in [0.15, 0.2) is 24.3 Å². The highest BCUT2D eigenvalue weighted by Crippen LogP contribution is 2.42. The molecule has 0 aliphatic carbocycles. The van der Waals surface area contributed by atoms with E-state index in [0.717, 1.165) is 60.3 Å². The summed E-state index contributed by atoms with van der Waals surface area (Å²) >= 11 is 0. The molecule has 0 radical (unpaired) electrons. The Morgan fingerprint density at radius 3 is 1.55 bits per heavy atom. The van der Waals surface area contributed by atoms with Crippen molar-refractivity contribution in [1.29, 1.82) is 0 Å². The zero-order valence-corrected chi connectivity index (χ0v) is 19.5. The van der Waals surface area contributed by atoms with Gasteiger partial charge in [-0.05, 0) is 61.3 Å². The summed E-state index contributed by atoms with van der Waals surface area (Å²) in [5, 5.41) is 7.01. The third-order valence-electron chi connectivity index (χ3n) is 5.80. The van der Waals surface area contributed by atoms with Gasteiger partial charge in [-0.3, -0.25) is 0 Å². The molecule has 0 spiro atoms. The highest BCUT2D eigenvalue weighted by Gasteiger charge is 2.20. The first-order valence-corrected chi connectivity index (χ1v) is 11.6. The van der Waals surface area contributed by atoms with Crippen LogP contribution < -0.4 is 39.1 Å². The predicted molar refractivity (Wildman–Crippen MR) is 125 cm³/mol. The van der Waals surface area contributed by atoms with Crippen molar-refractivity contribution in [2.24, 2.45) is 0 Å². The summed E-state index contributed by atoms with van der Waals surface area (Å²) in [5.74, 6) is 4.38. The summed E-state index contributed by atoms with van der Waals surface area (Å²) in [5.41, 5.74) is 2.28. The molecule has 0 saturated carbocycles. The monoisotopic (exact) mass is 458 g/mol. The molecule has 8 nitrogen and oxygen atoms in total. The van der Waals surface area contributed by atoms with Crippen molar-refractivity contribution in [3.63, 3.8) is 0 Å². The van der Waals surface area contributed by atoms with E-state index in [4.69, 9.17) is 28.4 Å². The van der Waals surface area contributed by atoms with E-state index in [9.17, 15) is 0 Å². The zero-order valence-electron chi connectivity index (χ0n) is 19.5. The Bertz CT molecular complexity index is 847. The summed E-state index contributed by atoms with van der Waals surface area (Å²) in [7, 11) is 3.30. The van der Waals surface area contributed by atoms with Crippen molar-refractivity contribution in [3.8, 4) is 34.5 Å². The molecular weight excluding hydrogens is 424 g/mol. The third kappa shape index (κ3) is 6.15. The van der Waals surface area contributed by atoms with Gasteiger partial charge in [0.2, 0.25) is 25.1 Å². The molecule has 2 aromatic rings. The van der Waals surface area contributed by atoms with E-state index in [2.05, 4.69) is 10.6 Å². The first-order valence-electron chi connectivity index (χ1n) is 11.6. The predicted octanol–water partition coefficient (Wildman–Crippen LogP) is 3.99. The molecule has 0 saturated heterocycles. The van der Waals surface area contributed by atoms with E-state index in [1.165, 1.54) is 32.1 Å². The highest BCUT2D eigenvalue weighted by atomic mass is 16.7. The third-order valence-corrected chi connectivity index (χ3v) is 5.80. The Labute approximate surface area is 195 Å². The van der Waals surface area contributed by atoms with E-state index in [-0.39, 0.29) is 13.6 Å². The molecule has 0 unspecified atom stereocenters. The number of fused-ring (bicyclic) bond motifs is 2. The molecule has 8 heteroatoms. The lowest BCUT2D eigenvalue weighted by molar-refractivity contribution is 0.171. The second kappa shape index (κ2) is 11.9. The maximum absolute atomic E-state index is 5.48. The van der Waals surface area contributed by atoms with Gasteiger partial charge in [-0.1, -0.05) is 19.3 Å². The summed E-state index contributed by atoms with van der Waals surface area (Å²) in [6, 6.07) is 8.05. The second-order valence-electron chi connectivity index (χ2n) is 8.19. The Balaban J connectivity index is 1.03. The minimum atomic E-state index is 0.255. The fraction of sp³-hybridized carbons (Fsp3) is 0.520. The van der Waals surface area contributed by atoms with Crippen molar-refractivity contribution >= 4 is 0 Å². The summed E-state index contributed by atoms with van der Waals surface area (Å²) < 4.78 is 32.6. The minimum absolute atomic E-state index is 0.255. The van der Waals surface area contributed by atoms with Crippen molar-refractivity contribution in [1.82, 2.24) is 10.6 Å². The number of nitrogens with one attached hydrogen (secondary N) is 2. The van der Waals surface area contributed by atoms with Gasteiger partial charge < -0.3 is 39.1 Å². The van der Waals surface area contributed by atoms with Crippen LogP contribution in [0.5, 0.6) is 34.5 Å². The standard InChI is InChI=1S/C25H34N2O6/c1-28-20-10-18(12-22-24(20)32-16-30-22)14-26-8-6-4-3-5-7-9-27-15-19-11-21(29-2)25-23(13-19)31-17-33-25/h10-13,26-27H,3-9,14-17H2,1-2H3. The molecule has 2 aliphatic rings. The van der Waals surface area contributed by atoms with Crippen molar-refractivity contribution < 1.29 is 28.4 Å². The topological polar surface area (TPSA) is 79.4 Å². The Morgan fingerprint density at radius 2 is 1.09 bits per heavy atom. The summed E-state index contributed by atoms with van der Waals surface area (Å²) in [4.78, 5) is 0. The van der Waals surface area contributed by atoms with Gasteiger partial charge >= 0.3 is 0 Å². The highest BCUT2D eigenvalue weighted by molar-refractivity contribution is 5.55. The number of benzene rings is 2. The lowest BCUT2D eigenvalue weighted by Gasteiger charge is -2.10. The molecular formula is C25H34N2O6. The first kappa shape index (κ1) is 23.3. The molecule has 2 heterocycles. The number of hydrogen-bond donors (Lipinski definition) is 2. The van der Waals surface area contributed by atoms with Gasteiger partial charge in [0.1, 0.15) is 0 Å². The zero-order chi connectivity index (χ0) is 22.9. The van der Waals surface area contributed by atoms with Crippen LogP contribution in [0, 0.1) is 0 Å². The van der Waals surface area contributed by atoms with E-state index >= 15 is 0 Å². The van der Waals surface area contributed by atoms with Crippen LogP contribution in [0.2, 0.25) is 0 Å². The Morgan fingerprint density at radius 1 is 0.636 bits per heavy atom. The van der Waals surface area contributed by atoms with Gasteiger partial charge in [0.15, 0.2) is 23.0 Å². The molecule has 33 heavy (non-hydrogen) atoms. The van der Waals surface area contributed by atoms with Gasteiger partial charge in [-0.2, -0.15) is 0 Å². The number of rotatable bonds is 14. The van der Waals surface area contributed by atoms with Crippen LogP contribution in [-0.4, -0.2) is 40.9 Å². The fourth-order valence-corrected chi connectivity index (χ4v) is 4.07. The normalized spacial score (nSPS) is 13.4. The maximum Gasteiger partial charge on any atom is 0.231 e. The molecule has 0 aromatic heterocycles. The summed E-state index contributed by atoms with van der Waals surface area (Å²) in [6.45, 7) is 4.10. The van der Waals surface area contributed by atoms with Crippen molar-refractivity contribution in [2.75, 3.05) is 40.9 Å². The van der Waals surface area contributed by atoms with Crippen LogP contribution in [0.3, 0.4) is 0 Å². The second-order valence-corrected chi connectivity index (χ2v) is 8.19. The van der Waals surface area contributed by atoms with E-state index in [1.807, 2.05) is 24.3 Å². The minimum Gasteiger partial charge on any atom is -0.493 e. The van der Waals surface area contributed by atoms with E-state index < -0.39 is 0 Å². The lowest BCUT2D eigenvalue weighted by Crippen LogP contribution is -2.15. The maximum atomic E-state index is 5.48. The van der Waals surface area contributed by atoms with Crippen LogP contribution in [0.25, 0.3) is 0 Å². The van der Waals surface area contributed by atoms with Crippen LogP contribution in [0.1, 0.15) is 43.2 Å². The first-order chi connectivity index (χ1) is 16.3. The average Bonchev–Trinajstić information content (AvgIpc) is 3.50. The molecule has 180 valence electrons. The van der Waals surface area contributed by atoms with Gasteiger partial charge in [0, 0.05) is 13.1 Å². The van der Waals surface area contributed by atoms with Crippen LogP contribution in [0.4, 0.5) is 0 Å². The largest absolute Gasteiger partial charge is 0.493 e. The summed E-state index contributed by atoms with van der Waals surface area (Å²) in [6.07, 6.45) is 6.06. The van der Waals surface area contributed by atoms with Gasteiger partial charge in [0.25, 0.3) is 0 Å². The molecule has 0 amide bonds. The van der Waals surface area contributed by atoms with Gasteiger partial charge in [-0.25, -0.2) is 0 Å². The molecule has 0 bridgehead atoms. The molecule has 2 N–H and O–H groups in total. The fourth-order valence-electron chi connectivity index (χ4n) is 4.07. The lowest BCUT2D eigenvalue weighted by atomic mass is 10.1. The van der Waals surface area contributed by atoms with Gasteiger partial charge in [-0.15, -0.1) is 0 Å². The van der Waals surface area contributed by atoms with Crippen LogP contribution >= 0.6 is 0 Å². The number of ether oxygens (including phenoxy) is 6. The number of methoxy groups -OCH3 is 2. The van der Waals surface area contributed by atoms with Crippen molar-refractivity contribution in [3.05, 3.63) is 35.4 Å². The number of unbranched alkanes of at least 4 members (excludes halogenated alkanes) is 4. The Kier molecular flexibility index (Phi) is 8.38. The molecule has 0 fully saturated rings. The smallest absolute Gasteiger partial charge is 0.231 e. The van der Waals surface area contributed by atoms with Crippen molar-refractivity contribution in [2.45, 2.75) is 45.2 Å². The molecule has 2 aromatic carbocycles. The quantitative estimate of drug-likeness (QED) is 0.412. The van der Waals surface area contributed by atoms with Crippen LogP contribution in [-0.2, 0) is 13.1 Å². The average molecular weight is 459 g/mol. The molecule has 4 rings (SSSR count). The SMILES string of the molecule is COc1cc(CNCCCCCCCNCc2cc(OC)c3c(c2)OCO3)cc2c1OCO2. The Hall–Kier alpha value is -2.84. The number of hydrogen-bond acceptors (Lipinski definition) is 8. The van der Waals surface area contributed by atoms with E-state index in [0.29, 0.717) is 11.5 Å². The molecule has 2 aliphatic heterocycles.